The molecule has 2 aromatic rings. The number of amides is 1. The molecule has 23 heavy (non-hydrogen) atoms. The lowest BCUT2D eigenvalue weighted by molar-refractivity contribution is 0.102. The zero-order valence-electron chi connectivity index (χ0n) is 12.5. The maximum atomic E-state index is 12.4. The number of nitrogens with one attached hydrogen (secondary N) is 1. The minimum Gasteiger partial charge on any atom is -0.493 e. The van der Waals surface area contributed by atoms with Crippen molar-refractivity contribution in [1.82, 2.24) is 0 Å². The molecule has 1 N–H and O–H groups in total. The fraction of sp³-hybridized carbons (Fsp3) is 0.235. The van der Waals surface area contributed by atoms with E-state index in [-0.39, 0.29) is 5.91 Å². The summed E-state index contributed by atoms with van der Waals surface area (Å²) in [5, 5.41) is 3.32. The van der Waals surface area contributed by atoms with Crippen LogP contribution in [0.4, 0.5) is 5.69 Å². The minimum atomic E-state index is -0.177. The molecule has 1 heterocycles. The van der Waals surface area contributed by atoms with E-state index < -0.39 is 0 Å². The van der Waals surface area contributed by atoms with Crippen LogP contribution in [0.25, 0.3) is 0 Å². The Balaban J connectivity index is 1.74. The van der Waals surface area contributed by atoms with Gasteiger partial charge in [-0.2, -0.15) is 0 Å². The van der Waals surface area contributed by atoms with E-state index in [0.717, 1.165) is 0 Å². The highest BCUT2D eigenvalue weighted by atomic mass is 35.5. The summed E-state index contributed by atoms with van der Waals surface area (Å²) >= 11 is 9.97. The summed E-state index contributed by atoms with van der Waals surface area (Å²) in [5.41, 5.74) is 2.44. The van der Waals surface area contributed by atoms with Crippen LogP contribution in [0.1, 0.15) is 20.5 Å². The summed E-state index contributed by atoms with van der Waals surface area (Å²) in [4.78, 5) is 12.4. The molecule has 1 amide bonds. The smallest absolute Gasteiger partial charge is 0.255 e. The van der Waals surface area contributed by atoms with E-state index >= 15 is 0 Å². The Bertz CT molecular complexity index is 700. The van der Waals surface area contributed by atoms with Crippen LogP contribution in [0.3, 0.4) is 0 Å². The first-order chi connectivity index (χ1) is 11.2. The second-order valence-electron chi connectivity index (χ2n) is 4.97. The van der Waals surface area contributed by atoms with Gasteiger partial charge >= 0.3 is 0 Å². The lowest BCUT2D eigenvalue weighted by atomic mass is 10.1. The van der Waals surface area contributed by atoms with Gasteiger partial charge < -0.3 is 10.1 Å². The number of methoxy groups -OCH3 is 1. The lowest BCUT2D eigenvalue weighted by Gasteiger charge is -2.12. The molecule has 0 saturated carbocycles. The van der Waals surface area contributed by atoms with Gasteiger partial charge in [-0.3, -0.25) is 4.79 Å². The summed E-state index contributed by atoms with van der Waals surface area (Å²) in [5.74, 6) is 2.67. The van der Waals surface area contributed by atoms with Gasteiger partial charge in [-0.25, -0.2) is 0 Å². The topological polar surface area (TPSA) is 38.3 Å². The highest BCUT2D eigenvalue weighted by molar-refractivity contribution is 8.19. The third kappa shape index (κ3) is 3.79. The van der Waals surface area contributed by atoms with Crippen molar-refractivity contribution < 1.29 is 9.53 Å². The Morgan fingerprint density at radius 1 is 1.17 bits per heavy atom. The highest BCUT2D eigenvalue weighted by Crippen LogP contribution is 2.45. The van der Waals surface area contributed by atoms with Crippen LogP contribution in [-0.2, 0) is 0 Å². The number of thioether (sulfide) groups is 2. The quantitative estimate of drug-likeness (QED) is 0.820. The van der Waals surface area contributed by atoms with Crippen molar-refractivity contribution in [2.45, 2.75) is 4.58 Å². The van der Waals surface area contributed by atoms with Gasteiger partial charge in [0.15, 0.2) is 5.75 Å². The molecule has 0 aliphatic carbocycles. The molecule has 0 bridgehead atoms. The Morgan fingerprint density at radius 2 is 1.87 bits per heavy atom. The number of benzene rings is 2. The number of carbonyl (C=O) groups excluding carboxylic acids is 1. The fourth-order valence-electron chi connectivity index (χ4n) is 2.35. The number of hydrogen-bond acceptors (Lipinski definition) is 4. The molecule has 3 rings (SSSR count). The zero-order valence-corrected chi connectivity index (χ0v) is 14.9. The van der Waals surface area contributed by atoms with Gasteiger partial charge in [0, 0.05) is 17.1 Å². The van der Waals surface area contributed by atoms with Crippen molar-refractivity contribution in [2.75, 3.05) is 23.9 Å². The van der Waals surface area contributed by atoms with Gasteiger partial charge in [-0.1, -0.05) is 29.8 Å². The van der Waals surface area contributed by atoms with Crippen LogP contribution in [-0.4, -0.2) is 24.5 Å². The van der Waals surface area contributed by atoms with E-state index in [1.165, 1.54) is 24.2 Å². The number of halogens is 1. The lowest BCUT2D eigenvalue weighted by Crippen LogP contribution is -2.12. The van der Waals surface area contributed by atoms with Crippen LogP contribution < -0.4 is 10.1 Å². The molecular formula is C17H16ClNO2S2. The number of rotatable bonds is 4. The summed E-state index contributed by atoms with van der Waals surface area (Å²) in [6.45, 7) is 0. The molecule has 2 aromatic carbocycles. The summed E-state index contributed by atoms with van der Waals surface area (Å²) in [6.07, 6.45) is 0. The SMILES string of the molecule is COc1c(Cl)cccc1NC(=O)c1ccc(C2SCCS2)cc1. The van der Waals surface area contributed by atoms with Gasteiger partial charge in [-0.05, 0) is 29.8 Å². The van der Waals surface area contributed by atoms with Crippen molar-refractivity contribution in [3.63, 3.8) is 0 Å². The van der Waals surface area contributed by atoms with E-state index in [9.17, 15) is 4.79 Å². The summed E-state index contributed by atoms with van der Waals surface area (Å²) < 4.78 is 5.73. The van der Waals surface area contributed by atoms with E-state index in [1.54, 1.807) is 18.2 Å². The van der Waals surface area contributed by atoms with Crippen LogP contribution in [0, 0.1) is 0 Å². The maximum Gasteiger partial charge on any atom is 0.255 e. The number of ether oxygens (including phenoxy) is 1. The van der Waals surface area contributed by atoms with Crippen molar-refractivity contribution >= 4 is 46.7 Å². The molecule has 1 fully saturated rings. The maximum absolute atomic E-state index is 12.4. The molecule has 0 radical (unpaired) electrons. The fourth-order valence-corrected chi connectivity index (χ4v) is 5.46. The minimum absolute atomic E-state index is 0.177. The van der Waals surface area contributed by atoms with Crippen LogP contribution in [0.2, 0.25) is 5.02 Å². The average Bonchev–Trinajstić information content (AvgIpc) is 3.10. The molecule has 0 aromatic heterocycles. The monoisotopic (exact) mass is 365 g/mol. The third-order valence-corrected chi connectivity index (χ3v) is 6.89. The molecular weight excluding hydrogens is 350 g/mol. The second kappa shape index (κ2) is 7.51. The first-order valence-corrected chi connectivity index (χ1v) is 9.63. The highest BCUT2D eigenvalue weighted by Gasteiger charge is 2.18. The van der Waals surface area contributed by atoms with Crippen molar-refractivity contribution in [1.29, 1.82) is 0 Å². The molecule has 1 saturated heterocycles. The van der Waals surface area contributed by atoms with Gasteiger partial charge in [0.1, 0.15) is 0 Å². The molecule has 120 valence electrons. The van der Waals surface area contributed by atoms with Gasteiger partial charge in [0.2, 0.25) is 0 Å². The zero-order chi connectivity index (χ0) is 16.2. The first kappa shape index (κ1) is 16.6. The van der Waals surface area contributed by atoms with Crippen LogP contribution in [0.15, 0.2) is 42.5 Å². The summed E-state index contributed by atoms with van der Waals surface area (Å²) in [7, 11) is 1.53. The number of carbonyl (C=O) groups is 1. The predicted octanol–water partition coefficient (Wildman–Crippen LogP) is 5.08. The van der Waals surface area contributed by atoms with E-state index in [4.69, 9.17) is 16.3 Å². The van der Waals surface area contributed by atoms with E-state index in [2.05, 4.69) is 5.32 Å². The van der Waals surface area contributed by atoms with Crippen molar-refractivity contribution in [3.8, 4) is 5.75 Å². The van der Waals surface area contributed by atoms with Crippen LogP contribution in [0.5, 0.6) is 5.75 Å². The Labute approximate surface area is 149 Å². The summed E-state index contributed by atoms with van der Waals surface area (Å²) in [6, 6.07) is 13.0. The van der Waals surface area contributed by atoms with Gasteiger partial charge in [0.05, 0.1) is 22.4 Å². The largest absolute Gasteiger partial charge is 0.493 e. The molecule has 0 unspecified atom stereocenters. The Hall–Kier alpha value is -1.30. The number of anilines is 1. The molecule has 1 aliphatic heterocycles. The van der Waals surface area contributed by atoms with Crippen LogP contribution >= 0.6 is 35.1 Å². The third-order valence-electron chi connectivity index (χ3n) is 3.49. The number of hydrogen-bond donors (Lipinski definition) is 1. The molecule has 3 nitrogen and oxygen atoms in total. The normalized spacial score (nSPS) is 14.7. The number of para-hydroxylation sites is 1. The van der Waals surface area contributed by atoms with E-state index in [1.807, 2.05) is 47.8 Å². The Kier molecular flexibility index (Phi) is 5.41. The molecule has 1 aliphatic rings. The molecule has 0 spiro atoms. The van der Waals surface area contributed by atoms with Crippen molar-refractivity contribution in [3.05, 3.63) is 58.6 Å². The van der Waals surface area contributed by atoms with E-state index in [0.29, 0.717) is 26.6 Å². The Morgan fingerprint density at radius 3 is 2.52 bits per heavy atom. The van der Waals surface area contributed by atoms with Gasteiger partial charge in [0.25, 0.3) is 5.91 Å². The second-order valence-corrected chi connectivity index (χ2v) is 8.10. The predicted molar refractivity (Wildman–Crippen MR) is 100 cm³/mol. The standard InChI is InChI=1S/C17H16ClNO2S2/c1-21-15-13(18)3-2-4-14(15)19-16(20)11-5-7-12(8-6-11)17-22-9-10-23-17/h2-8,17H,9-10H2,1H3,(H,19,20). The average molecular weight is 366 g/mol. The van der Waals surface area contributed by atoms with Crippen molar-refractivity contribution in [2.24, 2.45) is 0 Å². The van der Waals surface area contributed by atoms with Gasteiger partial charge in [-0.15, -0.1) is 23.5 Å². The molecule has 6 heteroatoms. The first-order valence-electron chi connectivity index (χ1n) is 7.16. The molecule has 0 atom stereocenters.